The first kappa shape index (κ1) is 10.5. The van der Waals surface area contributed by atoms with Gasteiger partial charge in [-0.3, -0.25) is 0 Å². The highest BCUT2D eigenvalue weighted by atomic mass is 19.1. The van der Waals surface area contributed by atoms with Crippen LogP contribution < -0.4 is 5.73 Å². The van der Waals surface area contributed by atoms with Crippen LogP contribution in [0.25, 0.3) is 0 Å². The minimum absolute atomic E-state index is 0.230. The fraction of sp³-hybridized carbons (Fsp3) is 0.300. The van der Waals surface area contributed by atoms with Gasteiger partial charge in [0.15, 0.2) is 0 Å². The van der Waals surface area contributed by atoms with Gasteiger partial charge in [-0.2, -0.15) is 0 Å². The number of benzene rings is 1. The third-order valence-electron chi connectivity index (χ3n) is 1.82. The third-order valence-corrected chi connectivity index (χ3v) is 1.82. The molecule has 1 aromatic carbocycles. The average Bonchev–Trinajstić information content (AvgIpc) is 2.14. The second-order valence-corrected chi connectivity index (χ2v) is 2.86. The largest absolute Gasteiger partial charge is 0.459 e. The van der Waals surface area contributed by atoms with Crippen molar-refractivity contribution in [1.29, 1.82) is 0 Å². The number of nitrogen functional groups attached to an aromatic ring is 1. The summed E-state index contributed by atoms with van der Waals surface area (Å²) in [7, 11) is 0. The van der Waals surface area contributed by atoms with E-state index in [1.807, 2.05) is 0 Å². The molecule has 0 aromatic heterocycles. The monoisotopic (exact) mass is 197 g/mol. The Hall–Kier alpha value is -1.58. The fourth-order valence-corrected chi connectivity index (χ4v) is 1.17. The molecule has 0 heterocycles. The van der Waals surface area contributed by atoms with Crippen LogP contribution in [0.3, 0.4) is 0 Å². The lowest BCUT2D eigenvalue weighted by molar-refractivity contribution is 0.0481. The van der Waals surface area contributed by atoms with Crippen LogP contribution in [-0.2, 0) is 4.74 Å². The lowest BCUT2D eigenvalue weighted by atomic mass is 10.1. The molecule has 3 nitrogen and oxygen atoms in total. The van der Waals surface area contributed by atoms with Gasteiger partial charge in [0.1, 0.15) is 13.3 Å². The van der Waals surface area contributed by atoms with E-state index in [4.69, 9.17) is 5.73 Å². The Bertz CT molecular complexity index is 319. The first-order chi connectivity index (χ1) is 6.66. The Balaban J connectivity index is 2.89. The van der Waals surface area contributed by atoms with Crippen molar-refractivity contribution in [2.45, 2.75) is 6.92 Å². The number of ether oxygens (including phenoxy) is 1. The van der Waals surface area contributed by atoms with Gasteiger partial charge in [0.05, 0.1) is 5.56 Å². The molecule has 0 aliphatic heterocycles. The van der Waals surface area contributed by atoms with E-state index in [1.165, 1.54) is 0 Å². The predicted molar refractivity (Wildman–Crippen MR) is 51.8 cm³/mol. The molecule has 1 rings (SSSR count). The summed E-state index contributed by atoms with van der Waals surface area (Å²) in [5.74, 6) is -0.571. The maximum absolute atomic E-state index is 11.8. The number of anilines is 1. The number of alkyl halides is 1. The molecule has 1 aromatic rings. The van der Waals surface area contributed by atoms with Crippen LogP contribution in [0.1, 0.15) is 15.9 Å². The summed E-state index contributed by atoms with van der Waals surface area (Å²) < 4.78 is 16.4. The smallest absolute Gasteiger partial charge is 0.340 e. The lowest BCUT2D eigenvalue weighted by Gasteiger charge is -2.07. The number of aryl methyl sites for hydroxylation is 1. The predicted octanol–water partition coefficient (Wildman–Crippen LogP) is 1.70. The summed E-state index contributed by atoms with van der Waals surface area (Å²) in [6.07, 6.45) is 0. The molecule has 0 amide bonds. The molecule has 0 bridgehead atoms. The third kappa shape index (κ3) is 2.22. The highest BCUT2D eigenvalue weighted by Gasteiger charge is 2.13. The van der Waals surface area contributed by atoms with Crippen molar-refractivity contribution < 1.29 is 13.9 Å². The highest BCUT2D eigenvalue weighted by molar-refractivity contribution is 5.96. The first-order valence-corrected chi connectivity index (χ1v) is 4.25. The van der Waals surface area contributed by atoms with Gasteiger partial charge in [0.25, 0.3) is 0 Å². The fourth-order valence-electron chi connectivity index (χ4n) is 1.17. The van der Waals surface area contributed by atoms with Crippen LogP contribution >= 0.6 is 0 Å². The van der Waals surface area contributed by atoms with Crippen LogP contribution in [0.15, 0.2) is 18.2 Å². The van der Waals surface area contributed by atoms with Crippen LogP contribution in [0, 0.1) is 6.92 Å². The molecule has 0 aliphatic carbocycles. The topological polar surface area (TPSA) is 52.3 Å². The number of hydrogen-bond donors (Lipinski definition) is 1. The van der Waals surface area contributed by atoms with E-state index in [0.29, 0.717) is 11.3 Å². The molecule has 2 N–H and O–H groups in total. The lowest BCUT2D eigenvalue weighted by Crippen LogP contribution is -2.11. The second-order valence-electron chi connectivity index (χ2n) is 2.86. The zero-order chi connectivity index (χ0) is 10.6. The van der Waals surface area contributed by atoms with Crippen molar-refractivity contribution >= 4 is 11.7 Å². The van der Waals surface area contributed by atoms with Crippen molar-refractivity contribution in [2.24, 2.45) is 0 Å². The molecule has 0 aliphatic rings. The number of hydrogen-bond acceptors (Lipinski definition) is 3. The molecule has 0 spiro atoms. The van der Waals surface area contributed by atoms with Crippen molar-refractivity contribution in [2.75, 3.05) is 19.0 Å². The van der Waals surface area contributed by atoms with Crippen LogP contribution in [0.4, 0.5) is 10.1 Å². The maximum atomic E-state index is 11.8. The number of nitrogens with two attached hydrogens (primary N) is 1. The molecule has 14 heavy (non-hydrogen) atoms. The zero-order valence-corrected chi connectivity index (χ0v) is 7.92. The Kier molecular flexibility index (Phi) is 3.45. The van der Waals surface area contributed by atoms with Gasteiger partial charge in [0.2, 0.25) is 0 Å². The van der Waals surface area contributed by atoms with E-state index >= 15 is 0 Å². The van der Waals surface area contributed by atoms with E-state index in [-0.39, 0.29) is 6.61 Å². The number of esters is 1. The number of carbonyl (C=O) groups excluding carboxylic acids is 1. The second kappa shape index (κ2) is 4.60. The maximum Gasteiger partial charge on any atom is 0.340 e. The van der Waals surface area contributed by atoms with Crippen molar-refractivity contribution in [3.63, 3.8) is 0 Å². The number of carbonyl (C=O) groups is 1. The van der Waals surface area contributed by atoms with E-state index < -0.39 is 12.6 Å². The number of rotatable bonds is 3. The SMILES string of the molecule is Cc1cccc(N)c1C(=O)OCCF. The molecule has 0 radical (unpaired) electrons. The molecular formula is C10H12FNO2. The summed E-state index contributed by atoms with van der Waals surface area (Å²) >= 11 is 0. The molecule has 0 fully saturated rings. The van der Waals surface area contributed by atoms with Gasteiger partial charge in [-0.15, -0.1) is 0 Å². The van der Waals surface area contributed by atoms with E-state index in [0.717, 1.165) is 5.56 Å². The van der Waals surface area contributed by atoms with Gasteiger partial charge >= 0.3 is 5.97 Å². The summed E-state index contributed by atoms with van der Waals surface area (Å²) in [5, 5.41) is 0. The normalized spacial score (nSPS) is 9.86. The summed E-state index contributed by atoms with van der Waals surface area (Å²) in [4.78, 5) is 11.4. The minimum atomic E-state index is -0.683. The van der Waals surface area contributed by atoms with Gasteiger partial charge < -0.3 is 10.5 Å². The molecule has 0 atom stereocenters. The first-order valence-electron chi connectivity index (χ1n) is 4.25. The van der Waals surface area contributed by atoms with Gasteiger partial charge in [-0.25, -0.2) is 9.18 Å². The van der Waals surface area contributed by atoms with Crippen molar-refractivity contribution in [1.82, 2.24) is 0 Å². The minimum Gasteiger partial charge on any atom is -0.459 e. The van der Waals surface area contributed by atoms with E-state index in [1.54, 1.807) is 25.1 Å². The van der Waals surface area contributed by atoms with Gasteiger partial charge in [-0.1, -0.05) is 12.1 Å². The Morgan fingerprint density at radius 1 is 1.57 bits per heavy atom. The zero-order valence-electron chi connectivity index (χ0n) is 7.92. The summed E-state index contributed by atoms with van der Waals surface area (Å²) in [6, 6.07) is 5.11. The standard InChI is InChI=1S/C10H12FNO2/c1-7-3-2-4-8(12)9(7)10(13)14-6-5-11/h2-4H,5-6,12H2,1H3. The van der Waals surface area contributed by atoms with Gasteiger partial charge in [0, 0.05) is 5.69 Å². The molecule has 0 unspecified atom stereocenters. The average molecular weight is 197 g/mol. The van der Waals surface area contributed by atoms with Crippen molar-refractivity contribution in [3.8, 4) is 0 Å². The van der Waals surface area contributed by atoms with E-state index in [2.05, 4.69) is 4.74 Å². The van der Waals surface area contributed by atoms with Crippen LogP contribution in [0.5, 0.6) is 0 Å². The van der Waals surface area contributed by atoms with E-state index in [9.17, 15) is 9.18 Å². The van der Waals surface area contributed by atoms with Crippen LogP contribution in [-0.4, -0.2) is 19.3 Å². The quantitative estimate of drug-likeness (QED) is 0.592. The Labute approximate surface area is 81.7 Å². The summed E-state index contributed by atoms with van der Waals surface area (Å²) in [5.41, 5.74) is 7.01. The molecular weight excluding hydrogens is 185 g/mol. The van der Waals surface area contributed by atoms with Crippen molar-refractivity contribution in [3.05, 3.63) is 29.3 Å². The molecule has 0 saturated heterocycles. The Morgan fingerprint density at radius 3 is 2.86 bits per heavy atom. The molecule has 4 heteroatoms. The number of halogens is 1. The van der Waals surface area contributed by atoms with Crippen LogP contribution in [0.2, 0.25) is 0 Å². The summed E-state index contributed by atoms with van der Waals surface area (Å²) in [6.45, 7) is 0.840. The van der Waals surface area contributed by atoms with Gasteiger partial charge in [-0.05, 0) is 18.6 Å². The molecule has 76 valence electrons. The molecule has 0 saturated carbocycles. The highest BCUT2D eigenvalue weighted by Crippen LogP contribution is 2.17. The Morgan fingerprint density at radius 2 is 2.29 bits per heavy atom.